The molecule has 1 unspecified atom stereocenters. The van der Waals surface area contributed by atoms with Gasteiger partial charge in [-0.2, -0.15) is 0 Å². The Bertz CT molecular complexity index is 414. The van der Waals surface area contributed by atoms with Crippen LogP contribution in [0.2, 0.25) is 0 Å². The van der Waals surface area contributed by atoms with Gasteiger partial charge in [-0.15, -0.1) is 0 Å². The van der Waals surface area contributed by atoms with Crippen LogP contribution in [0.25, 0.3) is 0 Å². The van der Waals surface area contributed by atoms with Crippen LogP contribution in [0.1, 0.15) is 26.3 Å². The lowest BCUT2D eigenvalue weighted by Gasteiger charge is -2.26. The smallest absolute Gasteiger partial charge is 0.191 e. The van der Waals surface area contributed by atoms with Crippen LogP contribution < -0.4 is 10.6 Å². The molecule has 2 N–H and O–H groups in total. The third-order valence-electron chi connectivity index (χ3n) is 3.49. The molecule has 118 valence electrons. The average Bonchev–Trinajstić information content (AvgIpc) is 2.47. The van der Waals surface area contributed by atoms with Crippen LogP contribution in [-0.4, -0.2) is 44.1 Å². The fraction of sp³-hybridized carbons (Fsp3) is 0.588. The van der Waals surface area contributed by atoms with Crippen molar-refractivity contribution in [2.75, 3.05) is 27.2 Å². The molecule has 1 atom stereocenters. The van der Waals surface area contributed by atoms with E-state index in [1.54, 1.807) is 0 Å². The van der Waals surface area contributed by atoms with Gasteiger partial charge in [0.25, 0.3) is 0 Å². The van der Waals surface area contributed by atoms with E-state index in [0.29, 0.717) is 12.0 Å². The minimum atomic E-state index is 0.433. The first-order valence-corrected chi connectivity index (χ1v) is 7.71. The lowest BCUT2D eigenvalue weighted by atomic mass is 10.2. The third kappa shape index (κ3) is 7.14. The Hall–Kier alpha value is -1.55. The van der Waals surface area contributed by atoms with Gasteiger partial charge in [-0.1, -0.05) is 44.2 Å². The predicted octanol–water partition coefficient (Wildman–Crippen LogP) is 2.33. The Morgan fingerprint density at radius 1 is 1.10 bits per heavy atom. The number of benzene rings is 1. The minimum Gasteiger partial charge on any atom is -0.356 e. The summed E-state index contributed by atoms with van der Waals surface area (Å²) in [5.41, 5.74) is 1.34. The molecule has 4 heteroatoms. The normalized spacial score (nSPS) is 13.6. The second-order valence-electron chi connectivity index (χ2n) is 5.98. The monoisotopic (exact) mass is 290 g/mol. The van der Waals surface area contributed by atoms with Crippen molar-refractivity contribution < 1.29 is 0 Å². The van der Waals surface area contributed by atoms with E-state index in [-0.39, 0.29) is 0 Å². The van der Waals surface area contributed by atoms with Gasteiger partial charge >= 0.3 is 0 Å². The summed E-state index contributed by atoms with van der Waals surface area (Å²) in [4.78, 5) is 6.60. The Kier molecular flexibility index (Phi) is 7.83. The highest BCUT2D eigenvalue weighted by atomic mass is 15.2. The van der Waals surface area contributed by atoms with E-state index in [1.807, 2.05) is 7.05 Å². The van der Waals surface area contributed by atoms with E-state index >= 15 is 0 Å². The third-order valence-corrected chi connectivity index (χ3v) is 3.49. The molecule has 0 saturated carbocycles. The quantitative estimate of drug-likeness (QED) is 0.598. The SMILES string of the molecule is CN=C(NCC(C)C)NCC(C)N(C)Cc1ccccc1. The summed E-state index contributed by atoms with van der Waals surface area (Å²) in [6.45, 7) is 9.38. The van der Waals surface area contributed by atoms with Crippen LogP contribution >= 0.6 is 0 Å². The molecule has 0 aliphatic rings. The topological polar surface area (TPSA) is 39.7 Å². The highest BCUT2D eigenvalue weighted by molar-refractivity contribution is 5.79. The van der Waals surface area contributed by atoms with Crippen molar-refractivity contribution in [2.24, 2.45) is 10.9 Å². The highest BCUT2D eigenvalue weighted by Gasteiger charge is 2.10. The minimum absolute atomic E-state index is 0.433. The van der Waals surface area contributed by atoms with Gasteiger partial charge in [-0.3, -0.25) is 9.89 Å². The summed E-state index contributed by atoms with van der Waals surface area (Å²) < 4.78 is 0. The van der Waals surface area contributed by atoms with Gasteiger partial charge in [0.05, 0.1) is 0 Å². The number of hydrogen-bond donors (Lipinski definition) is 2. The zero-order chi connectivity index (χ0) is 15.7. The first-order chi connectivity index (χ1) is 10.0. The summed E-state index contributed by atoms with van der Waals surface area (Å²) >= 11 is 0. The molecule has 1 rings (SSSR count). The van der Waals surface area contributed by atoms with Crippen molar-refractivity contribution in [2.45, 2.75) is 33.4 Å². The Labute approximate surface area is 129 Å². The maximum atomic E-state index is 4.25. The lowest BCUT2D eigenvalue weighted by Crippen LogP contribution is -2.45. The number of hydrogen-bond acceptors (Lipinski definition) is 2. The molecular weight excluding hydrogens is 260 g/mol. The van der Waals surface area contributed by atoms with Crippen molar-refractivity contribution in [1.82, 2.24) is 15.5 Å². The fourth-order valence-electron chi connectivity index (χ4n) is 1.95. The van der Waals surface area contributed by atoms with Gasteiger partial charge in [-0.05, 0) is 25.5 Å². The zero-order valence-electron chi connectivity index (χ0n) is 14.1. The van der Waals surface area contributed by atoms with Crippen molar-refractivity contribution >= 4 is 5.96 Å². The Balaban J connectivity index is 2.36. The molecule has 21 heavy (non-hydrogen) atoms. The summed E-state index contributed by atoms with van der Waals surface area (Å²) in [6, 6.07) is 11.0. The largest absolute Gasteiger partial charge is 0.356 e. The summed E-state index contributed by atoms with van der Waals surface area (Å²) in [5.74, 6) is 1.49. The van der Waals surface area contributed by atoms with Crippen molar-refractivity contribution in [3.63, 3.8) is 0 Å². The van der Waals surface area contributed by atoms with Crippen molar-refractivity contribution in [1.29, 1.82) is 0 Å². The van der Waals surface area contributed by atoms with E-state index < -0.39 is 0 Å². The number of nitrogens with one attached hydrogen (secondary N) is 2. The Morgan fingerprint density at radius 3 is 2.29 bits per heavy atom. The van der Waals surface area contributed by atoms with Gasteiger partial charge in [0, 0.05) is 32.7 Å². The number of nitrogens with zero attached hydrogens (tertiary/aromatic N) is 2. The molecule has 0 aliphatic heterocycles. The maximum Gasteiger partial charge on any atom is 0.191 e. The summed E-state index contributed by atoms with van der Waals surface area (Å²) in [6.07, 6.45) is 0. The van der Waals surface area contributed by atoms with E-state index in [9.17, 15) is 0 Å². The molecule has 0 heterocycles. The van der Waals surface area contributed by atoms with Crippen LogP contribution in [0.4, 0.5) is 0 Å². The van der Waals surface area contributed by atoms with Crippen LogP contribution in [-0.2, 0) is 6.54 Å². The molecule has 1 aromatic carbocycles. The molecule has 0 saturated heterocycles. The van der Waals surface area contributed by atoms with Gasteiger partial charge in [0.2, 0.25) is 0 Å². The first kappa shape index (κ1) is 17.5. The molecule has 0 amide bonds. The molecule has 0 radical (unpaired) electrons. The van der Waals surface area contributed by atoms with Crippen LogP contribution in [0.5, 0.6) is 0 Å². The molecule has 0 aliphatic carbocycles. The summed E-state index contributed by atoms with van der Waals surface area (Å²) in [5, 5.41) is 6.72. The molecule has 0 bridgehead atoms. The standard InChI is InChI=1S/C17H30N4/c1-14(2)11-19-17(18-4)20-12-15(3)21(5)13-16-9-7-6-8-10-16/h6-10,14-15H,11-13H2,1-5H3,(H2,18,19,20). The van der Waals surface area contributed by atoms with Crippen LogP contribution in [0, 0.1) is 5.92 Å². The molecular formula is C17H30N4. The van der Waals surface area contributed by atoms with E-state index in [4.69, 9.17) is 0 Å². The van der Waals surface area contributed by atoms with Crippen molar-refractivity contribution in [3.05, 3.63) is 35.9 Å². The molecule has 0 fully saturated rings. The fourth-order valence-corrected chi connectivity index (χ4v) is 1.95. The first-order valence-electron chi connectivity index (χ1n) is 7.71. The number of likely N-dealkylation sites (N-methyl/N-ethyl adjacent to an activating group) is 1. The molecule has 1 aromatic rings. The second-order valence-corrected chi connectivity index (χ2v) is 5.98. The van der Waals surface area contributed by atoms with Crippen LogP contribution in [0.3, 0.4) is 0 Å². The zero-order valence-corrected chi connectivity index (χ0v) is 14.1. The predicted molar refractivity (Wildman–Crippen MR) is 91.6 cm³/mol. The average molecular weight is 290 g/mol. The number of aliphatic imine (C=N–C) groups is 1. The van der Waals surface area contributed by atoms with Gasteiger partial charge in [0.1, 0.15) is 0 Å². The van der Waals surface area contributed by atoms with Gasteiger partial charge in [-0.25, -0.2) is 0 Å². The lowest BCUT2D eigenvalue weighted by molar-refractivity contribution is 0.249. The number of guanidine groups is 1. The molecule has 4 nitrogen and oxygen atoms in total. The van der Waals surface area contributed by atoms with Gasteiger partial charge in [0.15, 0.2) is 5.96 Å². The van der Waals surface area contributed by atoms with E-state index in [0.717, 1.165) is 25.6 Å². The summed E-state index contributed by atoms with van der Waals surface area (Å²) in [7, 11) is 3.97. The van der Waals surface area contributed by atoms with E-state index in [2.05, 4.69) is 78.7 Å². The second kappa shape index (κ2) is 9.40. The van der Waals surface area contributed by atoms with Crippen LogP contribution in [0.15, 0.2) is 35.3 Å². The van der Waals surface area contributed by atoms with E-state index in [1.165, 1.54) is 5.56 Å². The van der Waals surface area contributed by atoms with Gasteiger partial charge < -0.3 is 10.6 Å². The highest BCUT2D eigenvalue weighted by Crippen LogP contribution is 2.05. The number of rotatable bonds is 7. The molecule has 0 aromatic heterocycles. The molecule has 0 spiro atoms. The Morgan fingerprint density at radius 2 is 1.71 bits per heavy atom. The maximum absolute atomic E-state index is 4.25. The van der Waals surface area contributed by atoms with Crippen molar-refractivity contribution in [3.8, 4) is 0 Å².